The number of rotatable bonds is 4. The first-order valence-corrected chi connectivity index (χ1v) is 5.03. The van der Waals surface area contributed by atoms with Crippen molar-refractivity contribution in [3.8, 4) is 5.75 Å². The lowest BCUT2D eigenvalue weighted by atomic mass is 10.0. The Balaban J connectivity index is 2.74. The Morgan fingerprint density at radius 1 is 1.00 bits per heavy atom. The summed E-state index contributed by atoms with van der Waals surface area (Å²) in [6, 6.07) is 7.95. The van der Waals surface area contributed by atoms with Crippen LogP contribution in [0.4, 0.5) is 0 Å². The second-order valence-corrected chi connectivity index (χ2v) is 3.92. The van der Waals surface area contributed by atoms with Crippen molar-refractivity contribution in [2.45, 2.75) is 39.7 Å². The van der Waals surface area contributed by atoms with Crippen molar-refractivity contribution in [3.63, 3.8) is 0 Å². The molecule has 0 aliphatic carbocycles. The molecule has 0 amide bonds. The van der Waals surface area contributed by atoms with Crippen LogP contribution in [0, 0.1) is 0 Å². The van der Waals surface area contributed by atoms with Crippen molar-refractivity contribution < 1.29 is 9.78 Å². The summed E-state index contributed by atoms with van der Waals surface area (Å²) in [7, 11) is 0. The molecule has 2 nitrogen and oxygen atoms in total. The topological polar surface area (TPSA) is 18.5 Å². The van der Waals surface area contributed by atoms with Gasteiger partial charge in [0.05, 0.1) is 6.10 Å². The average Bonchev–Trinajstić information content (AvgIpc) is 2.15. The molecule has 2 heteroatoms. The van der Waals surface area contributed by atoms with Crippen LogP contribution in [0.25, 0.3) is 0 Å². The van der Waals surface area contributed by atoms with E-state index in [4.69, 9.17) is 9.78 Å². The molecular weight excluding hydrogens is 176 g/mol. The van der Waals surface area contributed by atoms with E-state index in [1.54, 1.807) is 0 Å². The third-order valence-corrected chi connectivity index (χ3v) is 1.87. The monoisotopic (exact) mass is 194 g/mol. The number of para-hydroxylation sites is 1. The molecule has 0 aromatic heterocycles. The second kappa shape index (κ2) is 5.01. The van der Waals surface area contributed by atoms with Crippen LogP contribution in [-0.4, -0.2) is 6.10 Å². The lowest BCUT2D eigenvalue weighted by Crippen LogP contribution is -2.07. The van der Waals surface area contributed by atoms with Crippen molar-refractivity contribution in [2.75, 3.05) is 0 Å². The third kappa shape index (κ3) is 3.04. The van der Waals surface area contributed by atoms with E-state index in [-0.39, 0.29) is 6.10 Å². The maximum absolute atomic E-state index is 5.26. The zero-order valence-electron chi connectivity index (χ0n) is 9.28. The smallest absolute Gasteiger partial charge is 0.168 e. The van der Waals surface area contributed by atoms with Gasteiger partial charge in [-0.15, -0.1) is 0 Å². The van der Waals surface area contributed by atoms with E-state index in [1.165, 1.54) is 5.56 Å². The van der Waals surface area contributed by atoms with Gasteiger partial charge in [-0.3, -0.25) is 0 Å². The molecule has 0 unspecified atom stereocenters. The third-order valence-electron chi connectivity index (χ3n) is 1.87. The van der Waals surface area contributed by atoms with Gasteiger partial charge in [0.1, 0.15) is 0 Å². The fourth-order valence-corrected chi connectivity index (χ4v) is 1.18. The van der Waals surface area contributed by atoms with Crippen LogP contribution in [0.15, 0.2) is 24.3 Å². The lowest BCUT2D eigenvalue weighted by Gasteiger charge is -2.13. The van der Waals surface area contributed by atoms with Gasteiger partial charge in [0, 0.05) is 5.56 Å². The van der Waals surface area contributed by atoms with E-state index < -0.39 is 0 Å². The highest BCUT2D eigenvalue weighted by atomic mass is 17.2. The Morgan fingerprint density at radius 2 is 1.64 bits per heavy atom. The molecule has 0 saturated heterocycles. The van der Waals surface area contributed by atoms with E-state index >= 15 is 0 Å². The van der Waals surface area contributed by atoms with E-state index in [0.717, 1.165) is 5.75 Å². The van der Waals surface area contributed by atoms with Gasteiger partial charge in [0.2, 0.25) is 0 Å². The van der Waals surface area contributed by atoms with Gasteiger partial charge in [-0.25, -0.2) is 0 Å². The number of hydrogen-bond acceptors (Lipinski definition) is 2. The Morgan fingerprint density at radius 3 is 2.21 bits per heavy atom. The van der Waals surface area contributed by atoms with Gasteiger partial charge in [0.25, 0.3) is 0 Å². The summed E-state index contributed by atoms with van der Waals surface area (Å²) >= 11 is 0. The summed E-state index contributed by atoms with van der Waals surface area (Å²) in [6.07, 6.45) is 0.0789. The van der Waals surface area contributed by atoms with Gasteiger partial charge in [0.15, 0.2) is 5.75 Å². The summed E-state index contributed by atoms with van der Waals surface area (Å²) in [5.74, 6) is 1.26. The summed E-state index contributed by atoms with van der Waals surface area (Å²) in [5.41, 5.74) is 1.17. The van der Waals surface area contributed by atoms with Crippen LogP contribution in [-0.2, 0) is 4.89 Å². The molecule has 0 atom stereocenters. The fraction of sp³-hybridized carbons (Fsp3) is 0.500. The van der Waals surface area contributed by atoms with Gasteiger partial charge in [-0.05, 0) is 25.8 Å². The SMILES string of the molecule is CC(C)OOc1ccccc1C(C)C. The van der Waals surface area contributed by atoms with Crippen LogP contribution >= 0.6 is 0 Å². The molecule has 78 valence electrons. The minimum atomic E-state index is 0.0789. The van der Waals surface area contributed by atoms with Crippen LogP contribution in [0.1, 0.15) is 39.2 Å². The largest absolute Gasteiger partial charge is 0.337 e. The van der Waals surface area contributed by atoms with E-state index in [9.17, 15) is 0 Å². The highest BCUT2D eigenvalue weighted by Crippen LogP contribution is 2.26. The van der Waals surface area contributed by atoms with Crippen LogP contribution in [0.3, 0.4) is 0 Å². The summed E-state index contributed by atoms with van der Waals surface area (Å²) in [6.45, 7) is 8.16. The molecule has 0 fully saturated rings. The predicted molar refractivity (Wildman–Crippen MR) is 57.4 cm³/mol. The molecular formula is C12H18O2. The normalized spacial score (nSPS) is 11.0. The number of hydrogen-bond donors (Lipinski definition) is 0. The maximum Gasteiger partial charge on any atom is 0.168 e. The van der Waals surface area contributed by atoms with Gasteiger partial charge >= 0.3 is 0 Å². The Hall–Kier alpha value is -1.02. The van der Waals surface area contributed by atoms with Crippen LogP contribution in [0.5, 0.6) is 5.75 Å². The molecule has 1 aromatic carbocycles. The molecule has 1 rings (SSSR count). The van der Waals surface area contributed by atoms with E-state index in [2.05, 4.69) is 19.9 Å². The molecule has 0 N–H and O–H groups in total. The predicted octanol–water partition coefficient (Wildman–Crippen LogP) is 3.53. The summed E-state index contributed by atoms with van der Waals surface area (Å²) in [4.78, 5) is 10.4. The van der Waals surface area contributed by atoms with Crippen molar-refractivity contribution in [3.05, 3.63) is 29.8 Å². The fourth-order valence-electron chi connectivity index (χ4n) is 1.18. The molecule has 0 aliphatic heterocycles. The molecule has 14 heavy (non-hydrogen) atoms. The highest BCUT2D eigenvalue weighted by molar-refractivity contribution is 5.34. The molecule has 0 saturated carbocycles. The van der Waals surface area contributed by atoms with Crippen LogP contribution < -0.4 is 4.89 Å². The second-order valence-electron chi connectivity index (χ2n) is 3.92. The molecule has 0 heterocycles. The van der Waals surface area contributed by atoms with Crippen molar-refractivity contribution in [1.82, 2.24) is 0 Å². The standard InChI is InChI=1S/C12H18O2/c1-9(2)11-7-5-6-8-12(11)14-13-10(3)4/h5-10H,1-4H3. The Kier molecular flexibility index (Phi) is 3.96. The van der Waals surface area contributed by atoms with Crippen molar-refractivity contribution in [1.29, 1.82) is 0 Å². The summed E-state index contributed by atoms with van der Waals surface area (Å²) < 4.78 is 0. The molecule has 0 bridgehead atoms. The quantitative estimate of drug-likeness (QED) is 0.539. The molecule has 0 aliphatic rings. The van der Waals surface area contributed by atoms with E-state index in [0.29, 0.717) is 5.92 Å². The minimum absolute atomic E-state index is 0.0789. The van der Waals surface area contributed by atoms with E-state index in [1.807, 2.05) is 32.0 Å². The van der Waals surface area contributed by atoms with Crippen LogP contribution in [0.2, 0.25) is 0 Å². The van der Waals surface area contributed by atoms with Crippen molar-refractivity contribution in [2.24, 2.45) is 0 Å². The number of benzene rings is 1. The molecule has 0 radical (unpaired) electrons. The first kappa shape index (κ1) is 11.1. The van der Waals surface area contributed by atoms with Gasteiger partial charge < -0.3 is 4.89 Å². The average molecular weight is 194 g/mol. The Bertz CT molecular complexity index is 279. The summed E-state index contributed by atoms with van der Waals surface area (Å²) in [5, 5.41) is 0. The molecule has 0 spiro atoms. The lowest BCUT2D eigenvalue weighted by molar-refractivity contribution is -0.235. The Labute approximate surface area is 85.8 Å². The van der Waals surface area contributed by atoms with Gasteiger partial charge in [-0.2, -0.15) is 4.89 Å². The van der Waals surface area contributed by atoms with Gasteiger partial charge in [-0.1, -0.05) is 32.0 Å². The van der Waals surface area contributed by atoms with Crippen molar-refractivity contribution >= 4 is 0 Å². The zero-order valence-corrected chi connectivity index (χ0v) is 9.28. The maximum atomic E-state index is 5.26. The first-order chi connectivity index (χ1) is 6.61. The first-order valence-electron chi connectivity index (χ1n) is 5.03. The molecule has 1 aromatic rings. The minimum Gasteiger partial charge on any atom is -0.337 e. The zero-order chi connectivity index (χ0) is 10.6. The highest BCUT2D eigenvalue weighted by Gasteiger charge is 2.08.